The molecule has 1 unspecified atom stereocenters. The summed E-state index contributed by atoms with van der Waals surface area (Å²) in [5.41, 5.74) is 1.03. The smallest absolute Gasteiger partial charge is 0.255 e. The van der Waals surface area contributed by atoms with Crippen LogP contribution in [0.2, 0.25) is 5.02 Å². The van der Waals surface area contributed by atoms with Crippen LogP contribution in [0.4, 0.5) is 14.5 Å². The molecule has 3 rings (SSSR count). The van der Waals surface area contributed by atoms with E-state index in [1.54, 1.807) is 32.9 Å². The molecule has 2 fully saturated rings. The zero-order chi connectivity index (χ0) is 19.6. The van der Waals surface area contributed by atoms with Crippen LogP contribution in [0.15, 0.2) is 18.2 Å². The van der Waals surface area contributed by atoms with Gasteiger partial charge in [0, 0.05) is 44.3 Å². The van der Waals surface area contributed by atoms with Gasteiger partial charge in [0.25, 0.3) is 12.3 Å². The second kappa shape index (κ2) is 8.52. The van der Waals surface area contributed by atoms with Crippen molar-refractivity contribution in [3.05, 3.63) is 28.8 Å². The van der Waals surface area contributed by atoms with Crippen LogP contribution in [0, 0.1) is 0 Å². The maximum atomic E-state index is 13.0. The van der Waals surface area contributed by atoms with Crippen molar-refractivity contribution < 1.29 is 18.4 Å². The summed E-state index contributed by atoms with van der Waals surface area (Å²) in [7, 11) is 0. The lowest BCUT2D eigenvalue weighted by Crippen LogP contribution is -2.55. The number of hydrogen-bond acceptors (Lipinski definition) is 3. The van der Waals surface area contributed by atoms with Crippen LogP contribution < -0.4 is 4.90 Å². The molecule has 8 heteroatoms. The van der Waals surface area contributed by atoms with E-state index in [4.69, 9.17) is 11.6 Å². The van der Waals surface area contributed by atoms with E-state index in [2.05, 4.69) is 0 Å². The maximum absolute atomic E-state index is 13.0. The van der Waals surface area contributed by atoms with Crippen LogP contribution in [0.25, 0.3) is 0 Å². The fourth-order valence-corrected chi connectivity index (χ4v) is 4.02. The number of hydrogen-bond donors (Lipinski definition) is 0. The maximum Gasteiger partial charge on any atom is 0.255 e. The van der Waals surface area contributed by atoms with E-state index >= 15 is 0 Å². The van der Waals surface area contributed by atoms with E-state index in [9.17, 15) is 18.4 Å². The topological polar surface area (TPSA) is 43.9 Å². The Kier molecular flexibility index (Phi) is 6.32. The Morgan fingerprint density at radius 1 is 1.30 bits per heavy atom. The van der Waals surface area contributed by atoms with Gasteiger partial charge in [-0.05, 0) is 31.0 Å². The highest BCUT2D eigenvalue weighted by Gasteiger charge is 2.31. The Balaban J connectivity index is 1.76. The van der Waals surface area contributed by atoms with Gasteiger partial charge in [-0.2, -0.15) is 0 Å². The van der Waals surface area contributed by atoms with Gasteiger partial charge in [-0.3, -0.25) is 14.5 Å². The number of alkyl halides is 2. The molecule has 5 nitrogen and oxygen atoms in total. The van der Waals surface area contributed by atoms with Crippen molar-refractivity contribution in [3.63, 3.8) is 0 Å². The molecule has 2 saturated heterocycles. The number of rotatable bonds is 5. The molecule has 0 N–H and O–H groups in total. The average molecular weight is 400 g/mol. The minimum absolute atomic E-state index is 0.0439. The SMILES string of the molecule is CCC1CN(C(=O)c2cc(N3CCCC3=O)ccc2Cl)CCN1CC(F)F. The van der Waals surface area contributed by atoms with Crippen molar-refractivity contribution in [2.45, 2.75) is 38.7 Å². The first-order valence-electron chi connectivity index (χ1n) is 9.32. The van der Waals surface area contributed by atoms with Crippen molar-refractivity contribution in [2.75, 3.05) is 37.6 Å². The minimum atomic E-state index is -2.38. The Morgan fingerprint density at radius 3 is 2.70 bits per heavy atom. The summed E-state index contributed by atoms with van der Waals surface area (Å²) in [6, 6.07) is 4.96. The lowest BCUT2D eigenvalue weighted by Gasteiger charge is -2.41. The highest BCUT2D eigenvalue weighted by molar-refractivity contribution is 6.34. The fourth-order valence-electron chi connectivity index (χ4n) is 3.82. The third-order valence-corrected chi connectivity index (χ3v) is 5.63. The van der Waals surface area contributed by atoms with Gasteiger partial charge in [0.15, 0.2) is 0 Å². The van der Waals surface area contributed by atoms with Gasteiger partial charge < -0.3 is 9.80 Å². The van der Waals surface area contributed by atoms with E-state index in [1.165, 1.54) is 0 Å². The Hall–Kier alpha value is -1.73. The molecule has 2 aliphatic rings. The summed E-state index contributed by atoms with van der Waals surface area (Å²) in [4.78, 5) is 30.1. The Bertz CT molecular complexity index is 716. The molecule has 1 aromatic carbocycles. The third kappa shape index (κ3) is 4.41. The highest BCUT2D eigenvalue weighted by Crippen LogP contribution is 2.28. The predicted molar refractivity (Wildman–Crippen MR) is 101 cm³/mol. The van der Waals surface area contributed by atoms with E-state index in [1.807, 2.05) is 6.92 Å². The first kappa shape index (κ1) is 20.0. The van der Waals surface area contributed by atoms with Gasteiger partial charge >= 0.3 is 0 Å². The monoisotopic (exact) mass is 399 g/mol. The average Bonchev–Trinajstić information content (AvgIpc) is 3.07. The highest BCUT2D eigenvalue weighted by atomic mass is 35.5. The zero-order valence-corrected chi connectivity index (χ0v) is 16.1. The molecule has 2 aliphatic heterocycles. The first-order valence-corrected chi connectivity index (χ1v) is 9.70. The summed E-state index contributed by atoms with van der Waals surface area (Å²) < 4.78 is 25.5. The summed E-state index contributed by atoms with van der Waals surface area (Å²) in [5, 5.41) is 0.332. The number of carbonyl (C=O) groups excluding carboxylic acids is 2. The number of piperazine rings is 1. The van der Waals surface area contributed by atoms with Crippen LogP contribution >= 0.6 is 11.6 Å². The Morgan fingerprint density at radius 2 is 2.07 bits per heavy atom. The summed E-state index contributed by atoms with van der Waals surface area (Å²) >= 11 is 6.26. The number of amides is 2. The molecule has 2 heterocycles. The van der Waals surface area contributed by atoms with Crippen LogP contribution in [-0.4, -0.2) is 66.8 Å². The number of benzene rings is 1. The minimum Gasteiger partial charge on any atom is -0.336 e. The fraction of sp³-hybridized carbons (Fsp3) is 0.579. The molecule has 0 aliphatic carbocycles. The molecule has 0 aromatic heterocycles. The van der Waals surface area contributed by atoms with Crippen molar-refractivity contribution in [1.29, 1.82) is 0 Å². The van der Waals surface area contributed by atoms with Crippen LogP contribution in [-0.2, 0) is 4.79 Å². The molecular weight excluding hydrogens is 376 g/mol. The van der Waals surface area contributed by atoms with E-state index in [0.29, 0.717) is 55.3 Å². The van der Waals surface area contributed by atoms with Crippen molar-refractivity contribution in [1.82, 2.24) is 9.80 Å². The van der Waals surface area contributed by atoms with E-state index < -0.39 is 6.43 Å². The number of carbonyl (C=O) groups is 2. The molecule has 2 amide bonds. The lowest BCUT2D eigenvalue weighted by molar-refractivity contribution is -0.117. The van der Waals surface area contributed by atoms with Gasteiger partial charge in [-0.1, -0.05) is 18.5 Å². The molecule has 0 spiro atoms. The van der Waals surface area contributed by atoms with Gasteiger partial charge in [-0.15, -0.1) is 0 Å². The van der Waals surface area contributed by atoms with Crippen LogP contribution in [0.3, 0.4) is 0 Å². The summed E-state index contributed by atoms with van der Waals surface area (Å²) in [6.45, 7) is 3.49. The van der Waals surface area contributed by atoms with Crippen molar-refractivity contribution >= 4 is 29.1 Å². The predicted octanol–water partition coefficient (Wildman–Crippen LogP) is 3.27. The van der Waals surface area contributed by atoms with Crippen LogP contribution in [0.5, 0.6) is 0 Å². The number of anilines is 1. The number of halogens is 3. The second-order valence-electron chi connectivity index (χ2n) is 7.01. The molecule has 27 heavy (non-hydrogen) atoms. The Labute approximate surface area is 162 Å². The van der Waals surface area contributed by atoms with Gasteiger partial charge in [0.1, 0.15) is 0 Å². The molecule has 0 radical (unpaired) electrons. The van der Waals surface area contributed by atoms with Gasteiger partial charge in [-0.25, -0.2) is 8.78 Å². The van der Waals surface area contributed by atoms with Crippen molar-refractivity contribution in [2.24, 2.45) is 0 Å². The van der Waals surface area contributed by atoms with E-state index in [0.717, 1.165) is 6.42 Å². The molecule has 0 bridgehead atoms. The van der Waals surface area contributed by atoms with Gasteiger partial charge in [0.05, 0.1) is 17.1 Å². The normalized spacial score (nSPS) is 21.4. The first-order chi connectivity index (χ1) is 12.9. The molecule has 1 atom stereocenters. The largest absolute Gasteiger partial charge is 0.336 e. The van der Waals surface area contributed by atoms with E-state index in [-0.39, 0.29) is 24.4 Å². The molecular formula is C19H24ClF2N3O2. The lowest BCUT2D eigenvalue weighted by atomic mass is 10.1. The zero-order valence-electron chi connectivity index (χ0n) is 15.3. The molecule has 148 valence electrons. The molecule has 0 saturated carbocycles. The summed E-state index contributed by atoms with van der Waals surface area (Å²) in [5.74, 6) is -0.175. The standard InChI is InChI=1S/C19H24ClF2N3O2/c1-2-13-11-24(9-8-23(13)12-17(21)22)19(27)15-10-14(5-6-16(15)20)25-7-3-4-18(25)26/h5-6,10,13,17H,2-4,7-9,11-12H2,1H3. The summed E-state index contributed by atoms with van der Waals surface area (Å²) in [6.07, 6.45) is -0.386. The van der Waals surface area contributed by atoms with Crippen molar-refractivity contribution in [3.8, 4) is 0 Å². The second-order valence-corrected chi connectivity index (χ2v) is 7.42. The third-order valence-electron chi connectivity index (χ3n) is 5.30. The van der Waals surface area contributed by atoms with Gasteiger partial charge in [0.2, 0.25) is 5.91 Å². The quantitative estimate of drug-likeness (QED) is 0.763. The molecule has 1 aromatic rings. The van der Waals surface area contributed by atoms with Crippen LogP contribution in [0.1, 0.15) is 36.5 Å². The number of nitrogens with zero attached hydrogens (tertiary/aromatic N) is 3.